The minimum absolute atomic E-state index is 0.194. The largest absolute Gasteiger partial charge is 0.543 e. The molecule has 130 valence electrons. The van der Waals surface area contributed by atoms with E-state index in [1.54, 1.807) is 0 Å². The summed E-state index contributed by atoms with van der Waals surface area (Å²) >= 11 is 5.66. The average Bonchev–Trinajstić information content (AvgIpc) is 2.40. The summed E-state index contributed by atoms with van der Waals surface area (Å²) in [4.78, 5) is 1.31. The van der Waals surface area contributed by atoms with Crippen LogP contribution in [-0.4, -0.2) is 14.1 Å². The summed E-state index contributed by atoms with van der Waals surface area (Å²) in [6.45, 7) is 24.1. The maximum atomic E-state index is 6.65. The van der Waals surface area contributed by atoms with Gasteiger partial charge in [-0.05, 0) is 72.9 Å². The Morgan fingerprint density at radius 2 is 1.65 bits per heavy atom. The number of hydrogen-bond acceptors (Lipinski definition) is 2. The molecule has 1 aromatic rings. The highest BCUT2D eigenvalue weighted by atomic mass is 79.9. The lowest BCUT2D eigenvalue weighted by Gasteiger charge is -2.38. The molecule has 0 fully saturated rings. The van der Waals surface area contributed by atoms with Crippen molar-refractivity contribution in [3.05, 3.63) is 33.3 Å². The molecule has 0 heterocycles. The Hall–Kier alpha value is -0.193. The lowest BCUT2D eigenvalue weighted by atomic mass is 10.1. The van der Waals surface area contributed by atoms with Gasteiger partial charge in [-0.15, -0.1) is 11.8 Å². The van der Waals surface area contributed by atoms with E-state index < -0.39 is 8.32 Å². The Labute approximate surface area is 156 Å². The van der Waals surface area contributed by atoms with Gasteiger partial charge < -0.3 is 4.43 Å². The van der Waals surface area contributed by atoms with Gasteiger partial charge in [0, 0.05) is 20.7 Å². The maximum absolute atomic E-state index is 6.65. The minimum Gasteiger partial charge on any atom is -0.543 e. The molecule has 0 spiro atoms. The summed E-state index contributed by atoms with van der Waals surface area (Å²) in [5, 5.41) is 0.194. The first-order chi connectivity index (χ1) is 10.3. The molecule has 0 saturated carbocycles. The van der Waals surface area contributed by atoms with E-state index in [-0.39, 0.29) is 5.04 Å². The number of benzene rings is 1. The second-order valence-electron chi connectivity index (χ2n) is 7.96. The van der Waals surface area contributed by atoms with Crippen LogP contribution in [0.3, 0.4) is 0 Å². The van der Waals surface area contributed by atoms with Crippen LogP contribution in [0.15, 0.2) is 21.5 Å². The van der Waals surface area contributed by atoms with Crippen LogP contribution in [0.4, 0.5) is 0 Å². The molecule has 0 aliphatic carbocycles. The van der Waals surface area contributed by atoms with Gasteiger partial charge in [-0.1, -0.05) is 32.9 Å². The van der Waals surface area contributed by atoms with Crippen molar-refractivity contribution in [3.8, 4) is 5.75 Å². The third kappa shape index (κ3) is 4.67. The van der Waals surface area contributed by atoms with Gasteiger partial charge in [-0.25, -0.2) is 0 Å². The second kappa shape index (κ2) is 7.36. The van der Waals surface area contributed by atoms with E-state index in [1.807, 2.05) is 11.8 Å². The monoisotopic (exact) mass is 414 g/mol. The molecule has 1 aromatic carbocycles. The predicted octanol–water partition coefficient (Wildman–Crippen LogP) is 7.43. The van der Waals surface area contributed by atoms with Crippen LogP contribution in [0, 0.1) is 20.8 Å². The van der Waals surface area contributed by atoms with Crippen LogP contribution in [0.25, 0.3) is 0 Å². The van der Waals surface area contributed by atoms with E-state index in [2.05, 4.69) is 84.1 Å². The van der Waals surface area contributed by atoms with Crippen LogP contribution in [-0.2, 0) is 0 Å². The van der Waals surface area contributed by atoms with Gasteiger partial charge in [0.15, 0.2) is 0 Å². The van der Waals surface area contributed by atoms with E-state index in [1.165, 1.54) is 31.6 Å². The van der Waals surface area contributed by atoms with Crippen molar-refractivity contribution in [2.24, 2.45) is 0 Å². The molecule has 0 bridgehead atoms. The SMILES string of the molecule is C=C(C)CSc1c(C)c(C)c(O[Si](C)(C)C(C)(C)C)c(C)c1Br. The van der Waals surface area contributed by atoms with Gasteiger partial charge >= 0.3 is 0 Å². The Kier molecular flexibility index (Phi) is 6.68. The molecule has 1 rings (SSSR count). The van der Waals surface area contributed by atoms with E-state index in [0.29, 0.717) is 0 Å². The van der Waals surface area contributed by atoms with Crippen LogP contribution in [0.2, 0.25) is 18.1 Å². The lowest BCUT2D eigenvalue weighted by molar-refractivity contribution is 0.484. The van der Waals surface area contributed by atoms with E-state index in [4.69, 9.17) is 4.43 Å². The molecular weight excluding hydrogens is 384 g/mol. The zero-order valence-corrected chi connectivity index (χ0v) is 19.5. The van der Waals surface area contributed by atoms with Crippen LogP contribution in [0.1, 0.15) is 44.4 Å². The van der Waals surface area contributed by atoms with Gasteiger partial charge in [-0.2, -0.15) is 0 Å². The number of hydrogen-bond donors (Lipinski definition) is 0. The Morgan fingerprint density at radius 3 is 2.09 bits per heavy atom. The van der Waals surface area contributed by atoms with Gasteiger partial charge in [-0.3, -0.25) is 0 Å². The lowest BCUT2D eigenvalue weighted by Crippen LogP contribution is -2.44. The Balaban J connectivity index is 3.35. The van der Waals surface area contributed by atoms with Gasteiger partial charge in [0.2, 0.25) is 0 Å². The summed E-state index contributed by atoms with van der Waals surface area (Å²) in [6, 6.07) is 0. The molecule has 0 saturated heterocycles. The van der Waals surface area contributed by atoms with Crippen LogP contribution < -0.4 is 4.43 Å². The van der Waals surface area contributed by atoms with E-state index in [9.17, 15) is 0 Å². The summed E-state index contributed by atoms with van der Waals surface area (Å²) < 4.78 is 7.82. The fourth-order valence-corrected chi connectivity index (χ4v) is 4.97. The molecular formula is C19H31BrOSSi. The Bertz CT molecular complexity index is 586. The van der Waals surface area contributed by atoms with E-state index >= 15 is 0 Å². The van der Waals surface area contributed by atoms with Crippen molar-refractivity contribution in [1.82, 2.24) is 0 Å². The normalized spacial score (nSPS) is 12.4. The van der Waals surface area contributed by atoms with Gasteiger partial charge in [0.25, 0.3) is 8.32 Å². The highest BCUT2D eigenvalue weighted by Crippen LogP contribution is 2.45. The maximum Gasteiger partial charge on any atom is 0.250 e. The molecule has 0 atom stereocenters. The van der Waals surface area contributed by atoms with Crippen molar-refractivity contribution in [2.45, 2.75) is 71.5 Å². The predicted molar refractivity (Wildman–Crippen MR) is 112 cm³/mol. The zero-order chi connectivity index (χ0) is 18.2. The summed E-state index contributed by atoms with van der Waals surface area (Å²) in [6.07, 6.45) is 0. The van der Waals surface area contributed by atoms with Crippen molar-refractivity contribution in [2.75, 3.05) is 5.75 Å². The number of halogens is 1. The smallest absolute Gasteiger partial charge is 0.250 e. The molecule has 0 aliphatic heterocycles. The molecule has 0 aromatic heterocycles. The first-order valence-electron chi connectivity index (χ1n) is 8.05. The molecule has 4 heteroatoms. The highest BCUT2D eigenvalue weighted by molar-refractivity contribution is 9.10. The average molecular weight is 416 g/mol. The molecule has 0 radical (unpaired) electrons. The summed E-state index contributed by atoms with van der Waals surface area (Å²) in [7, 11) is -1.85. The van der Waals surface area contributed by atoms with E-state index in [0.717, 1.165) is 11.5 Å². The fraction of sp³-hybridized carbons (Fsp3) is 0.579. The molecule has 0 unspecified atom stereocenters. The van der Waals surface area contributed by atoms with Crippen molar-refractivity contribution >= 4 is 36.0 Å². The minimum atomic E-state index is -1.85. The standard InChI is InChI=1S/C19H31BrOSSi/c1-12(2)11-22-18-14(4)13(3)17(15(5)16(18)20)21-23(9,10)19(6,7)8/h1,11H2,2-10H3. The van der Waals surface area contributed by atoms with Crippen molar-refractivity contribution in [1.29, 1.82) is 0 Å². The number of thioether (sulfide) groups is 1. The third-order valence-corrected chi connectivity index (χ3v) is 11.8. The molecule has 0 N–H and O–H groups in total. The fourth-order valence-electron chi connectivity index (χ4n) is 1.98. The van der Waals surface area contributed by atoms with Crippen LogP contribution >= 0.6 is 27.7 Å². The molecule has 0 aliphatic rings. The quantitative estimate of drug-likeness (QED) is 0.281. The Morgan fingerprint density at radius 1 is 1.13 bits per heavy atom. The topological polar surface area (TPSA) is 9.23 Å². The summed E-state index contributed by atoms with van der Waals surface area (Å²) in [5.74, 6) is 2.02. The molecule has 0 amide bonds. The first kappa shape index (κ1) is 20.9. The summed E-state index contributed by atoms with van der Waals surface area (Å²) in [5.41, 5.74) is 4.97. The van der Waals surface area contributed by atoms with Crippen LogP contribution in [0.5, 0.6) is 5.75 Å². The van der Waals surface area contributed by atoms with Gasteiger partial charge in [0.1, 0.15) is 5.75 Å². The van der Waals surface area contributed by atoms with Crippen molar-refractivity contribution < 1.29 is 4.43 Å². The number of rotatable bonds is 5. The van der Waals surface area contributed by atoms with Crippen molar-refractivity contribution in [3.63, 3.8) is 0 Å². The first-order valence-corrected chi connectivity index (χ1v) is 12.7. The molecule has 23 heavy (non-hydrogen) atoms. The third-order valence-electron chi connectivity index (χ3n) is 4.74. The second-order valence-corrected chi connectivity index (χ2v) is 14.5. The zero-order valence-electron chi connectivity index (χ0n) is 16.1. The highest BCUT2D eigenvalue weighted by Gasteiger charge is 2.40. The molecule has 1 nitrogen and oxygen atoms in total. The van der Waals surface area contributed by atoms with Gasteiger partial charge in [0.05, 0.1) is 0 Å².